The van der Waals surface area contributed by atoms with Crippen LogP contribution in [0.15, 0.2) is 24.3 Å². The van der Waals surface area contributed by atoms with E-state index < -0.39 is 5.97 Å². The molecule has 1 aromatic carbocycles. The van der Waals surface area contributed by atoms with E-state index in [2.05, 4.69) is 13.8 Å². The summed E-state index contributed by atoms with van der Waals surface area (Å²) in [5.41, 5.74) is 0.974. The molecular weight excluding hydrogens is 240 g/mol. The van der Waals surface area contributed by atoms with Crippen LogP contribution < -0.4 is 4.74 Å². The smallest absolute Gasteiger partial charge is 0.306 e. The monoisotopic (exact) mass is 264 g/mol. The largest absolute Gasteiger partial charge is 0.496 e. The molecule has 0 heterocycles. The number of carboxylic acids is 1. The van der Waals surface area contributed by atoms with Gasteiger partial charge in [-0.25, -0.2) is 0 Å². The second kappa shape index (κ2) is 7.82. The third-order valence-electron chi connectivity index (χ3n) is 3.34. The molecule has 1 aromatic rings. The molecule has 106 valence electrons. The minimum atomic E-state index is -0.713. The van der Waals surface area contributed by atoms with Gasteiger partial charge in [-0.3, -0.25) is 4.79 Å². The quantitative estimate of drug-likeness (QED) is 0.777. The lowest BCUT2D eigenvalue weighted by molar-refractivity contribution is -0.142. The number of rotatable bonds is 8. The topological polar surface area (TPSA) is 46.5 Å². The number of aliphatic carboxylic acids is 1. The Bertz CT molecular complexity index is 399. The van der Waals surface area contributed by atoms with Crippen LogP contribution in [-0.4, -0.2) is 18.2 Å². The molecule has 3 nitrogen and oxygen atoms in total. The summed E-state index contributed by atoms with van der Waals surface area (Å²) in [5.74, 6) is 0.364. The van der Waals surface area contributed by atoms with Crippen LogP contribution in [-0.2, 0) is 11.2 Å². The molecule has 0 aliphatic rings. The predicted octanol–water partition coefficient (Wildman–Crippen LogP) is 3.76. The zero-order valence-corrected chi connectivity index (χ0v) is 12.1. The maximum Gasteiger partial charge on any atom is 0.306 e. The Morgan fingerprint density at radius 1 is 1.26 bits per heavy atom. The van der Waals surface area contributed by atoms with Gasteiger partial charge in [-0.15, -0.1) is 0 Å². The molecule has 0 aromatic heterocycles. The highest BCUT2D eigenvalue weighted by Crippen LogP contribution is 2.24. The maximum absolute atomic E-state index is 11.3. The van der Waals surface area contributed by atoms with Crippen molar-refractivity contribution in [3.8, 4) is 5.75 Å². The van der Waals surface area contributed by atoms with Crippen molar-refractivity contribution in [3.63, 3.8) is 0 Å². The highest BCUT2D eigenvalue weighted by molar-refractivity contribution is 5.70. The van der Waals surface area contributed by atoms with Crippen LogP contribution in [0.25, 0.3) is 0 Å². The number of carboxylic acid groups (broad SMARTS) is 1. The van der Waals surface area contributed by atoms with Crippen LogP contribution in [0.3, 0.4) is 0 Å². The summed E-state index contributed by atoms with van der Waals surface area (Å²) in [6.07, 6.45) is 3.31. The maximum atomic E-state index is 11.3. The molecule has 0 amide bonds. The van der Waals surface area contributed by atoms with Gasteiger partial charge in [-0.1, -0.05) is 44.9 Å². The van der Waals surface area contributed by atoms with E-state index in [9.17, 15) is 9.90 Å². The van der Waals surface area contributed by atoms with Crippen LogP contribution in [0.2, 0.25) is 0 Å². The van der Waals surface area contributed by atoms with Crippen molar-refractivity contribution < 1.29 is 14.6 Å². The Balaban J connectivity index is 2.65. The summed E-state index contributed by atoms with van der Waals surface area (Å²) in [7, 11) is 1.62. The Labute approximate surface area is 115 Å². The van der Waals surface area contributed by atoms with Gasteiger partial charge in [0.15, 0.2) is 0 Å². The van der Waals surface area contributed by atoms with E-state index in [1.54, 1.807) is 7.11 Å². The molecule has 1 atom stereocenters. The van der Waals surface area contributed by atoms with Gasteiger partial charge in [0.25, 0.3) is 0 Å². The molecule has 19 heavy (non-hydrogen) atoms. The van der Waals surface area contributed by atoms with Crippen molar-refractivity contribution in [2.75, 3.05) is 7.11 Å². The lowest BCUT2D eigenvalue weighted by Crippen LogP contribution is -2.17. The SMILES string of the molecule is COc1ccccc1CC(CCCC(C)C)C(=O)O. The van der Waals surface area contributed by atoms with Gasteiger partial charge < -0.3 is 9.84 Å². The highest BCUT2D eigenvalue weighted by Gasteiger charge is 2.19. The van der Waals surface area contributed by atoms with Crippen LogP contribution in [0.1, 0.15) is 38.7 Å². The average molecular weight is 264 g/mol. The first kappa shape index (κ1) is 15.5. The first-order chi connectivity index (χ1) is 9.04. The fourth-order valence-corrected chi connectivity index (χ4v) is 2.22. The number of methoxy groups -OCH3 is 1. The molecule has 1 rings (SSSR count). The van der Waals surface area contributed by atoms with E-state index in [1.807, 2.05) is 24.3 Å². The molecule has 0 saturated heterocycles. The first-order valence-corrected chi connectivity index (χ1v) is 6.89. The Hall–Kier alpha value is -1.51. The summed E-state index contributed by atoms with van der Waals surface area (Å²) in [6.45, 7) is 4.33. The van der Waals surface area contributed by atoms with Crippen LogP contribution >= 0.6 is 0 Å². The van der Waals surface area contributed by atoms with E-state index in [4.69, 9.17) is 4.74 Å². The van der Waals surface area contributed by atoms with Gasteiger partial charge in [0, 0.05) is 0 Å². The summed E-state index contributed by atoms with van der Waals surface area (Å²) < 4.78 is 5.28. The first-order valence-electron chi connectivity index (χ1n) is 6.89. The minimum Gasteiger partial charge on any atom is -0.496 e. The molecule has 0 aliphatic carbocycles. The van der Waals surface area contributed by atoms with Gasteiger partial charge in [0.05, 0.1) is 13.0 Å². The zero-order valence-electron chi connectivity index (χ0n) is 12.1. The molecule has 0 bridgehead atoms. The Kier molecular flexibility index (Phi) is 6.40. The normalized spacial score (nSPS) is 12.4. The fraction of sp³-hybridized carbons (Fsp3) is 0.562. The van der Waals surface area contributed by atoms with Gasteiger partial charge >= 0.3 is 5.97 Å². The second-order valence-electron chi connectivity index (χ2n) is 5.38. The lowest BCUT2D eigenvalue weighted by atomic mass is 9.92. The summed E-state index contributed by atoms with van der Waals surface area (Å²) in [4.78, 5) is 11.3. The molecule has 1 N–H and O–H groups in total. The zero-order chi connectivity index (χ0) is 14.3. The van der Waals surface area contributed by atoms with Crippen LogP contribution in [0.4, 0.5) is 0 Å². The van der Waals surface area contributed by atoms with Crippen LogP contribution in [0.5, 0.6) is 5.75 Å². The van der Waals surface area contributed by atoms with E-state index in [0.717, 1.165) is 30.6 Å². The fourth-order valence-electron chi connectivity index (χ4n) is 2.22. The van der Waals surface area contributed by atoms with Crippen molar-refractivity contribution in [1.82, 2.24) is 0 Å². The van der Waals surface area contributed by atoms with Gasteiger partial charge in [-0.2, -0.15) is 0 Å². The molecule has 1 unspecified atom stereocenters. The number of benzene rings is 1. The minimum absolute atomic E-state index is 0.324. The molecular formula is C16H24O3. The van der Waals surface area contributed by atoms with Crippen molar-refractivity contribution in [2.45, 2.75) is 39.5 Å². The van der Waals surface area contributed by atoms with E-state index in [1.165, 1.54) is 0 Å². The van der Waals surface area contributed by atoms with Crippen LogP contribution in [0, 0.1) is 11.8 Å². The van der Waals surface area contributed by atoms with E-state index in [0.29, 0.717) is 12.3 Å². The second-order valence-corrected chi connectivity index (χ2v) is 5.38. The molecule has 0 saturated carbocycles. The predicted molar refractivity (Wildman–Crippen MR) is 76.5 cm³/mol. The number of carbonyl (C=O) groups is 1. The van der Waals surface area contributed by atoms with Gasteiger partial charge in [0.1, 0.15) is 5.75 Å². The number of hydrogen-bond acceptors (Lipinski definition) is 2. The Morgan fingerprint density at radius 2 is 1.95 bits per heavy atom. The average Bonchev–Trinajstić information content (AvgIpc) is 2.37. The van der Waals surface area contributed by atoms with Crippen molar-refractivity contribution >= 4 is 5.97 Å². The lowest BCUT2D eigenvalue weighted by Gasteiger charge is -2.15. The standard InChI is InChI=1S/C16H24O3/c1-12(2)7-6-9-14(16(17)18)11-13-8-4-5-10-15(13)19-3/h4-5,8,10,12,14H,6-7,9,11H2,1-3H3,(H,17,18). The molecule has 3 heteroatoms. The van der Waals surface area contributed by atoms with Gasteiger partial charge in [-0.05, 0) is 30.4 Å². The molecule has 0 aliphatic heterocycles. The highest BCUT2D eigenvalue weighted by atomic mass is 16.5. The van der Waals surface area contributed by atoms with E-state index in [-0.39, 0.29) is 5.92 Å². The number of para-hydroxylation sites is 1. The summed E-state index contributed by atoms with van der Waals surface area (Å²) in [5, 5.41) is 9.32. The molecule has 0 radical (unpaired) electrons. The molecule has 0 spiro atoms. The van der Waals surface area contributed by atoms with Gasteiger partial charge in [0.2, 0.25) is 0 Å². The summed E-state index contributed by atoms with van der Waals surface area (Å²) in [6, 6.07) is 7.64. The van der Waals surface area contributed by atoms with Crippen molar-refractivity contribution in [2.24, 2.45) is 11.8 Å². The third-order valence-corrected chi connectivity index (χ3v) is 3.34. The van der Waals surface area contributed by atoms with E-state index >= 15 is 0 Å². The third kappa shape index (κ3) is 5.33. The van der Waals surface area contributed by atoms with Crippen molar-refractivity contribution in [3.05, 3.63) is 29.8 Å². The summed E-state index contributed by atoms with van der Waals surface area (Å²) >= 11 is 0. The van der Waals surface area contributed by atoms with Crippen molar-refractivity contribution in [1.29, 1.82) is 0 Å². The number of ether oxygens (including phenoxy) is 1. The Morgan fingerprint density at radius 3 is 2.53 bits per heavy atom. The molecule has 0 fully saturated rings. The number of hydrogen-bond donors (Lipinski definition) is 1.